The molecule has 0 atom stereocenters. The average molecular weight is 549 g/mol. The van der Waals surface area contributed by atoms with Gasteiger partial charge in [0.1, 0.15) is 6.07 Å². The second-order valence-corrected chi connectivity index (χ2v) is 10.9. The van der Waals surface area contributed by atoms with Crippen LogP contribution in [-0.4, -0.2) is 9.13 Å². The molecule has 4 nitrogen and oxygen atoms in total. The van der Waals surface area contributed by atoms with Crippen LogP contribution in [0.1, 0.15) is 16.7 Å². The second-order valence-electron chi connectivity index (χ2n) is 10.9. The first-order valence-corrected chi connectivity index (χ1v) is 14.2. The summed E-state index contributed by atoms with van der Waals surface area (Å²) in [7, 11) is 0. The highest BCUT2D eigenvalue weighted by molar-refractivity contribution is 6.12. The Morgan fingerprint density at radius 3 is 1.79 bits per heavy atom. The maximum atomic E-state index is 10.0. The lowest BCUT2D eigenvalue weighted by molar-refractivity contribution is 1.16. The molecule has 43 heavy (non-hydrogen) atoms. The molecule has 0 fully saturated rings. The number of rotatable bonds is 3. The largest absolute Gasteiger partial charge is 0.309 e. The molecule has 0 amide bonds. The fraction of sp³-hybridized carbons (Fsp3) is 0.0256. The van der Waals surface area contributed by atoms with Crippen molar-refractivity contribution in [1.82, 2.24) is 9.13 Å². The van der Waals surface area contributed by atoms with Gasteiger partial charge in [0.15, 0.2) is 0 Å². The Bertz CT molecular complexity index is 2480. The standard InChI is InChI=1S/C39H24N4/c1-25-19-29(24-41)38(22-28(25)23-40)43-36-14-8-6-12-32(36)34-20-26(16-18-37(34)43)27-15-17-33-31-11-5-7-13-35(31)42(39(33)21-27)30-9-3-2-4-10-30/h2-22H,1H3. The minimum absolute atomic E-state index is 0.544. The Morgan fingerprint density at radius 1 is 0.465 bits per heavy atom. The maximum absolute atomic E-state index is 10.0. The van der Waals surface area contributed by atoms with Crippen LogP contribution in [0.2, 0.25) is 0 Å². The molecule has 0 bridgehead atoms. The molecule has 0 saturated heterocycles. The summed E-state index contributed by atoms with van der Waals surface area (Å²) in [4.78, 5) is 0. The van der Waals surface area contributed by atoms with E-state index in [4.69, 9.17) is 0 Å². The van der Waals surface area contributed by atoms with Crippen molar-refractivity contribution in [2.45, 2.75) is 6.92 Å². The van der Waals surface area contributed by atoms with Crippen LogP contribution in [0.5, 0.6) is 0 Å². The van der Waals surface area contributed by atoms with Gasteiger partial charge < -0.3 is 9.13 Å². The molecule has 0 radical (unpaired) electrons. The minimum Gasteiger partial charge on any atom is -0.309 e. The Labute approximate surface area is 248 Å². The first kappa shape index (κ1) is 24.7. The van der Waals surface area contributed by atoms with Gasteiger partial charge in [0.25, 0.3) is 0 Å². The van der Waals surface area contributed by atoms with Crippen LogP contribution in [0.3, 0.4) is 0 Å². The van der Waals surface area contributed by atoms with Gasteiger partial charge in [-0.3, -0.25) is 0 Å². The molecule has 0 spiro atoms. The zero-order valence-corrected chi connectivity index (χ0v) is 23.4. The van der Waals surface area contributed by atoms with Crippen molar-refractivity contribution in [2.24, 2.45) is 0 Å². The topological polar surface area (TPSA) is 57.4 Å². The average Bonchev–Trinajstić information content (AvgIpc) is 3.57. The molecule has 200 valence electrons. The molecule has 2 aromatic heterocycles. The SMILES string of the molecule is Cc1cc(C#N)c(-n2c3ccccc3c3cc(-c4ccc5c6ccccc6n(-c6ccccc6)c5c4)ccc32)cc1C#N. The van der Waals surface area contributed by atoms with E-state index >= 15 is 0 Å². The second kappa shape index (κ2) is 9.48. The molecule has 6 aromatic carbocycles. The minimum atomic E-state index is 0.544. The summed E-state index contributed by atoms with van der Waals surface area (Å²) < 4.78 is 4.45. The predicted octanol–water partition coefficient (Wildman–Crippen LogP) is 9.60. The highest BCUT2D eigenvalue weighted by Crippen LogP contribution is 2.38. The molecule has 0 unspecified atom stereocenters. The fourth-order valence-corrected chi connectivity index (χ4v) is 6.51. The lowest BCUT2D eigenvalue weighted by Crippen LogP contribution is -2.00. The van der Waals surface area contributed by atoms with Crippen LogP contribution >= 0.6 is 0 Å². The van der Waals surface area contributed by atoms with Crippen molar-refractivity contribution in [3.05, 3.63) is 144 Å². The van der Waals surface area contributed by atoms with Gasteiger partial charge in [0.2, 0.25) is 0 Å². The van der Waals surface area contributed by atoms with Crippen molar-refractivity contribution < 1.29 is 0 Å². The van der Waals surface area contributed by atoms with Crippen LogP contribution < -0.4 is 0 Å². The van der Waals surface area contributed by atoms with E-state index in [1.165, 1.54) is 16.3 Å². The summed E-state index contributed by atoms with van der Waals surface area (Å²) in [5.74, 6) is 0. The molecular weight excluding hydrogens is 524 g/mol. The third-order valence-electron chi connectivity index (χ3n) is 8.52. The summed E-state index contributed by atoms with van der Waals surface area (Å²) in [5, 5.41) is 24.4. The van der Waals surface area contributed by atoms with Crippen molar-refractivity contribution >= 4 is 43.6 Å². The van der Waals surface area contributed by atoms with E-state index < -0.39 is 0 Å². The Balaban J connectivity index is 1.38. The number of para-hydroxylation sites is 3. The van der Waals surface area contributed by atoms with Gasteiger partial charge >= 0.3 is 0 Å². The molecule has 0 saturated carbocycles. The highest BCUT2D eigenvalue weighted by Gasteiger charge is 2.18. The van der Waals surface area contributed by atoms with Crippen LogP contribution in [-0.2, 0) is 0 Å². The summed E-state index contributed by atoms with van der Waals surface area (Å²) in [6, 6.07) is 48.9. The summed E-state index contributed by atoms with van der Waals surface area (Å²) in [5.41, 5.74) is 10.3. The third kappa shape index (κ3) is 3.68. The van der Waals surface area contributed by atoms with Crippen molar-refractivity contribution in [1.29, 1.82) is 10.5 Å². The molecule has 0 N–H and O–H groups in total. The van der Waals surface area contributed by atoms with Gasteiger partial charge in [-0.2, -0.15) is 10.5 Å². The summed E-state index contributed by atoms with van der Waals surface area (Å²) in [6.07, 6.45) is 0. The van der Waals surface area contributed by atoms with Crippen LogP contribution in [0.25, 0.3) is 66.1 Å². The van der Waals surface area contributed by atoms with E-state index in [0.717, 1.165) is 55.4 Å². The maximum Gasteiger partial charge on any atom is 0.101 e. The quantitative estimate of drug-likeness (QED) is 0.221. The molecule has 2 heterocycles. The lowest BCUT2D eigenvalue weighted by atomic mass is 10.0. The Kier molecular flexibility index (Phi) is 5.44. The molecule has 0 aliphatic carbocycles. The van der Waals surface area contributed by atoms with E-state index in [2.05, 4.69) is 118 Å². The normalized spacial score (nSPS) is 11.3. The molecular formula is C39H24N4. The van der Waals surface area contributed by atoms with Crippen LogP contribution in [0.4, 0.5) is 0 Å². The Hall–Kier alpha value is -6.10. The van der Waals surface area contributed by atoms with Gasteiger partial charge in [-0.05, 0) is 78.2 Å². The van der Waals surface area contributed by atoms with Crippen molar-refractivity contribution in [2.75, 3.05) is 0 Å². The van der Waals surface area contributed by atoms with Crippen molar-refractivity contribution in [3.8, 4) is 34.6 Å². The van der Waals surface area contributed by atoms with Crippen LogP contribution in [0, 0.1) is 29.6 Å². The number of benzene rings is 6. The number of nitrogens with zero attached hydrogens (tertiary/aromatic N) is 4. The third-order valence-corrected chi connectivity index (χ3v) is 8.52. The van der Waals surface area contributed by atoms with Gasteiger partial charge in [-0.15, -0.1) is 0 Å². The van der Waals surface area contributed by atoms with Gasteiger partial charge in [0.05, 0.1) is 45.0 Å². The van der Waals surface area contributed by atoms with Gasteiger partial charge in [0, 0.05) is 27.2 Å². The summed E-state index contributed by atoms with van der Waals surface area (Å²) >= 11 is 0. The number of hydrogen-bond acceptors (Lipinski definition) is 2. The molecule has 8 aromatic rings. The monoisotopic (exact) mass is 548 g/mol. The highest BCUT2D eigenvalue weighted by atomic mass is 15.0. The smallest absolute Gasteiger partial charge is 0.101 e. The van der Waals surface area contributed by atoms with E-state index in [0.29, 0.717) is 11.1 Å². The fourth-order valence-electron chi connectivity index (χ4n) is 6.51. The number of nitriles is 2. The van der Waals surface area contributed by atoms with E-state index in [1.807, 2.05) is 37.3 Å². The molecule has 8 rings (SSSR count). The molecule has 4 heteroatoms. The first-order valence-electron chi connectivity index (χ1n) is 14.2. The number of aromatic nitrogens is 2. The molecule has 0 aliphatic rings. The number of fused-ring (bicyclic) bond motifs is 6. The predicted molar refractivity (Wildman–Crippen MR) is 175 cm³/mol. The zero-order chi connectivity index (χ0) is 29.1. The lowest BCUT2D eigenvalue weighted by Gasteiger charge is -2.12. The number of hydrogen-bond donors (Lipinski definition) is 0. The van der Waals surface area contributed by atoms with Crippen LogP contribution in [0.15, 0.2) is 127 Å². The van der Waals surface area contributed by atoms with E-state index in [-0.39, 0.29) is 0 Å². The Morgan fingerprint density at radius 2 is 1.05 bits per heavy atom. The van der Waals surface area contributed by atoms with Gasteiger partial charge in [-0.25, -0.2) is 0 Å². The summed E-state index contributed by atoms with van der Waals surface area (Å²) in [6.45, 7) is 1.87. The first-order chi connectivity index (χ1) is 21.2. The zero-order valence-electron chi connectivity index (χ0n) is 23.4. The van der Waals surface area contributed by atoms with Gasteiger partial charge in [-0.1, -0.05) is 72.8 Å². The van der Waals surface area contributed by atoms with E-state index in [1.54, 1.807) is 0 Å². The van der Waals surface area contributed by atoms with Crippen molar-refractivity contribution in [3.63, 3.8) is 0 Å². The molecule has 0 aliphatic heterocycles. The van der Waals surface area contributed by atoms with E-state index in [9.17, 15) is 10.5 Å². The number of aryl methyl sites for hydroxylation is 1.